The van der Waals surface area contributed by atoms with Gasteiger partial charge in [0.15, 0.2) is 0 Å². The zero-order valence-corrected chi connectivity index (χ0v) is 9.51. The lowest BCUT2D eigenvalue weighted by molar-refractivity contribution is 1.02. The fourth-order valence-electron chi connectivity index (χ4n) is 0.685. The summed E-state index contributed by atoms with van der Waals surface area (Å²) in [5.41, 5.74) is 0. The Hall–Kier alpha value is -0.750. The van der Waals surface area contributed by atoms with Crippen molar-refractivity contribution in [2.75, 3.05) is 16.9 Å². The third kappa shape index (κ3) is 5.08. The number of rotatable bonds is 2. The summed E-state index contributed by atoms with van der Waals surface area (Å²) in [5, 5.41) is 8.40. The van der Waals surface area contributed by atoms with Crippen LogP contribution in [-0.4, -0.2) is 26.6 Å². The Bertz CT molecular complexity index is 259. The summed E-state index contributed by atoms with van der Waals surface area (Å²) >= 11 is 3.71. The van der Waals surface area contributed by atoms with Gasteiger partial charge < -0.3 is 5.32 Å². The Labute approximate surface area is 92.0 Å². The minimum Gasteiger partial charge on any atom is -0.354 e. The van der Waals surface area contributed by atoms with Gasteiger partial charge in [-0.25, -0.2) is 15.0 Å². The predicted molar refractivity (Wildman–Crippen MR) is 63.2 cm³/mol. The van der Waals surface area contributed by atoms with Crippen LogP contribution in [0.4, 0.5) is 5.95 Å². The first kappa shape index (κ1) is 11.3. The number of nitrogens with one attached hydrogen (secondary N) is 1. The first-order valence-electron chi connectivity index (χ1n) is 4.17. The number of hydrogen-bond donors (Lipinski definition) is 1. The van der Waals surface area contributed by atoms with Crippen LogP contribution in [0, 0.1) is 0 Å². The Morgan fingerprint density at radius 1 is 1.29 bits per heavy atom. The van der Waals surface area contributed by atoms with Crippen LogP contribution in [0.25, 0.3) is 0 Å². The van der Waals surface area contributed by atoms with Crippen molar-refractivity contribution in [3.8, 4) is 0 Å². The van der Waals surface area contributed by atoms with Crippen molar-refractivity contribution in [3.63, 3.8) is 0 Å². The van der Waals surface area contributed by atoms with Crippen LogP contribution in [0.15, 0.2) is 23.5 Å². The third-order valence-corrected chi connectivity index (χ3v) is 3.13. The molecule has 1 aliphatic rings. The summed E-state index contributed by atoms with van der Waals surface area (Å²) in [4.78, 5) is 11.3. The van der Waals surface area contributed by atoms with E-state index in [1.165, 1.54) is 17.7 Å². The molecule has 2 heterocycles. The van der Waals surface area contributed by atoms with Crippen LogP contribution in [0.5, 0.6) is 0 Å². The highest BCUT2D eigenvalue weighted by molar-refractivity contribution is 8.21. The molecule has 0 saturated heterocycles. The molecule has 0 spiro atoms. The van der Waals surface area contributed by atoms with Crippen LogP contribution >= 0.6 is 23.5 Å². The maximum Gasteiger partial charge on any atom is 0.225 e. The Morgan fingerprint density at radius 3 is 2.36 bits per heavy atom. The average molecular weight is 228 g/mol. The molecule has 2 rings (SSSR count). The van der Waals surface area contributed by atoms with Gasteiger partial charge in [0.05, 0.1) is 0 Å². The molecule has 1 aliphatic heterocycles. The summed E-state index contributed by atoms with van der Waals surface area (Å²) in [7, 11) is 0. The van der Waals surface area contributed by atoms with E-state index < -0.39 is 0 Å². The molecule has 4 nitrogen and oxygen atoms in total. The number of aromatic nitrogens is 3. The largest absolute Gasteiger partial charge is 0.354 e. The van der Waals surface area contributed by atoms with Gasteiger partial charge in [-0.3, -0.25) is 0 Å². The minimum absolute atomic E-state index is 0.632. The summed E-state index contributed by atoms with van der Waals surface area (Å²) in [6, 6.07) is 0. The van der Waals surface area contributed by atoms with E-state index in [2.05, 4.69) is 31.1 Å². The molecule has 0 bridgehead atoms. The number of thioether (sulfide) groups is 2. The van der Waals surface area contributed by atoms with Crippen molar-refractivity contribution < 1.29 is 0 Å². The van der Waals surface area contributed by atoms with Gasteiger partial charge in [0.1, 0.15) is 12.7 Å². The molecular formula is C8H12N4S2. The monoisotopic (exact) mass is 228 g/mol. The van der Waals surface area contributed by atoms with Gasteiger partial charge in [0.2, 0.25) is 5.95 Å². The fraction of sp³-hybridized carbons (Fsp3) is 0.375. The van der Waals surface area contributed by atoms with Gasteiger partial charge >= 0.3 is 0 Å². The van der Waals surface area contributed by atoms with Crippen molar-refractivity contribution in [1.82, 2.24) is 15.0 Å². The van der Waals surface area contributed by atoms with Crippen molar-refractivity contribution in [1.29, 1.82) is 0 Å². The Morgan fingerprint density at radius 2 is 1.93 bits per heavy atom. The van der Waals surface area contributed by atoms with Gasteiger partial charge in [-0.05, 0) is 17.7 Å². The second-order valence-corrected chi connectivity index (χ2v) is 4.37. The van der Waals surface area contributed by atoms with E-state index in [9.17, 15) is 0 Å². The minimum atomic E-state index is 0.632. The van der Waals surface area contributed by atoms with Crippen LogP contribution < -0.4 is 5.32 Å². The lowest BCUT2D eigenvalue weighted by atomic mass is 10.7. The molecule has 0 fully saturated rings. The van der Waals surface area contributed by atoms with Gasteiger partial charge in [-0.1, -0.05) is 0 Å². The van der Waals surface area contributed by atoms with Gasteiger partial charge in [0, 0.05) is 11.6 Å². The maximum absolute atomic E-state index is 3.84. The molecular weight excluding hydrogens is 216 g/mol. The molecule has 1 aromatic rings. The molecule has 1 aromatic heterocycles. The molecule has 0 atom stereocenters. The van der Waals surface area contributed by atoms with E-state index in [1.54, 1.807) is 0 Å². The SMILES string of the molecule is C1=CSCS1.CCNc1ncncn1. The molecule has 1 N–H and O–H groups in total. The van der Waals surface area contributed by atoms with Crippen LogP contribution in [0.2, 0.25) is 0 Å². The maximum atomic E-state index is 3.84. The lowest BCUT2D eigenvalue weighted by Crippen LogP contribution is -2.00. The lowest BCUT2D eigenvalue weighted by Gasteiger charge is -1.95. The topological polar surface area (TPSA) is 50.7 Å². The van der Waals surface area contributed by atoms with Crippen LogP contribution in [-0.2, 0) is 0 Å². The number of nitrogens with zero attached hydrogens (tertiary/aromatic N) is 3. The highest BCUT2D eigenvalue weighted by Gasteiger charge is 1.86. The van der Waals surface area contributed by atoms with Crippen LogP contribution in [0.1, 0.15) is 6.92 Å². The smallest absolute Gasteiger partial charge is 0.225 e. The predicted octanol–water partition coefficient (Wildman–Crippen LogP) is 2.20. The molecule has 0 saturated carbocycles. The van der Waals surface area contributed by atoms with Crippen LogP contribution in [0.3, 0.4) is 0 Å². The first-order chi connectivity index (χ1) is 6.93. The molecule has 0 radical (unpaired) electrons. The summed E-state index contributed by atoms with van der Waals surface area (Å²) < 4.78 is 0. The van der Waals surface area contributed by atoms with E-state index >= 15 is 0 Å². The van der Waals surface area contributed by atoms with Crippen molar-refractivity contribution in [3.05, 3.63) is 23.5 Å². The van der Waals surface area contributed by atoms with E-state index in [0.29, 0.717) is 5.95 Å². The molecule has 0 aromatic carbocycles. The number of anilines is 1. The van der Waals surface area contributed by atoms with Gasteiger partial charge in [-0.2, -0.15) is 0 Å². The van der Waals surface area contributed by atoms with E-state index in [0.717, 1.165) is 6.54 Å². The molecule has 76 valence electrons. The second-order valence-electron chi connectivity index (χ2n) is 2.22. The molecule has 0 aliphatic carbocycles. The first-order valence-corrected chi connectivity index (χ1v) is 6.27. The van der Waals surface area contributed by atoms with Gasteiger partial charge in [0.25, 0.3) is 0 Å². The second kappa shape index (κ2) is 7.64. The van der Waals surface area contributed by atoms with Crippen molar-refractivity contribution >= 4 is 29.5 Å². The average Bonchev–Trinajstić information content (AvgIpc) is 2.78. The highest BCUT2D eigenvalue weighted by atomic mass is 32.2. The van der Waals surface area contributed by atoms with E-state index in [4.69, 9.17) is 0 Å². The summed E-state index contributed by atoms with van der Waals surface area (Å²) in [5.74, 6) is 0.632. The molecule has 0 unspecified atom stereocenters. The molecule has 6 heteroatoms. The summed E-state index contributed by atoms with van der Waals surface area (Å²) in [6.07, 6.45) is 2.93. The Balaban J connectivity index is 0.000000165. The molecule has 0 amide bonds. The zero-order chi connectivity index (χ0) is 10.1. The Kier molecular flexibility index (Phi) is 6.18. The van der Waals surface area contributed by atoms with Crippen molar-refractivity contribution in [2.24, 2.45) is 0 Å². The highest BCUT2D eigenvalue weighted by Crippen LogP contribution is 2.22. The number of hydrogen-bond acceptors (Lipinski definition) is 6. The van der Waals surface area contributed by atoms with E-state index in [1.807, 2.05) is 30.4 Å². The zero-order valence-electron chi connectivity index (χ0n) is 7.88. The standard InChI is InChI=1S/C5H8N4.C3H4S2/c1-2-7-5-8-3-6-4-9-5;1-2-5-3-4-1/h3-4H,2H2,1H3,(H,6,7,8,9);1-2H,3H2. The third-order valence-electron chi connectivity index (χ3n) is 1.21. The van der Waals surface area contributed by atoms with E-state index in [-0.39, 0.29) is 0 Å². The quantitative estimate of drug-likeness (QED) is 0.837. The normalized spacial score (nSPS) is 13.2. The molecule has 14 heavy (non-hydrogen) atoms. The van der Waals surface area contributed by atoms with Gasteiger partial charge in [-0.15, -0.1) is 23.5 Å². The van der Waals surface area contributed by atoms with Crippen molar-refractivity contribution in [2.45, 2.75) is 6.92 Å². The summed E-state index contributed by atoms with van der Waals surface area (Å²) in [6.45, 7) is 2.83. The fourth-order valence-corrected chi connectivity index (χ4v) is 2.26.